The number of ether oxygens (including phenoxy) is 1. The maximum absolute atomic E-state index is 10.1. The number of methoxy groups -OCH3 is 1. The van der Waals surface area contributed by atoms with Crippen LogP contribution >= 0.6 is 0 Å². The molecule has 2 nitrogen and oxygen atoms in total. The van der Waals surface area contributed by atoms with Crippen molar-refractivity contribution in [2.45, 2.75) is 13.3 Å². The van der Waals surface area contributed by atoms with Crippen molar-refractivity contribution < 1.29 is 30.6 Å². The SMILES string of the molecule is CC[CH-]C(=O)OC.[W]. The zero-order valence-corrected chi connectivity index (χ0v) is 7.94. The second-order valence-electron chi connectivity index (χ2n) is 1.14. The van der Waals surface area contributed by atoms with E-state index in [1.54, 1.807) is 0 Å². The van der Waals surface area contributed by atoms with Crippen LogP contribution in [0.15, 0.2) is 0 Å². The molecule has 0 heterocycles. The third-order valence-electron chi connectivity index (χ3n) is 0.572. The Kier molecular flexibility index (Phi) is 9.59. The number of carbonyl (C=O) groups is 1. The van der Waals surface area contributed by atoms with Gasteiger partial charge in [0.25, 0.3) is 0 Å². The fraction of sp³-hybridized carbons (Fsp3) is 0.600. The van der Waals surface area contributed by atoms with E-state index in [1.165, 1.54) is 13.5 Å². The zero-order valence-electron chi connectivity index (χ0n) is 5.01. The van der Waals surface area contributed by atoms with Crippen LogP contribution in [-0.4, -0.2) is 13.1 Å². The summed E-state index contributed by atoms with van der Waals surface area (Å²) in [5, 5.41) is 0. The molecule has 0 spiro atoms. The molecular weight excluding hydrogens is 276 g/mol. The molecule has 0 aromatic heterocycles. The number of carbonyl (C=O) groups excluding carboxylic acids is 1. The van der Waals surface area contributed by atoms with E-state index in [9.17, 15) is 4.79 Å². The van der Waals surface area contributed by atoms with Gasteiger partial charge in [0.05, 0.1) is 7.11 Å². The van der Waals surface area contributed by atoms with Gasteiger partial charge in [0.1, 0.15) is 0 Å². The van der Waals surface area contributed by atoms with Gasteiger partial charge in [0.15, 0.2) is 5.97 Å². The minimum atomic E-state index is -0.248. The number of hydrogen-bond acceptors (Lipinski definition) is 2. The summed E-state index contributed by atoms with van der Waals surface area (Å²) in [5.41, 5.74) is 0. The Bertz CT molecular complexity index is 63.4. The third kappa shape index (κ3) is 6.03. The molecule has 0 amide bonds. The Balaban J connectivity index is 0. The summed E-state index contributed by atoms with van der Waals surface area (Å²) in [4.78, 5) is 10.1. The van der Waals surface area contributed by atoms with Crippen LogP contribution in [0.1, 0.15) is 13.3 Å². The van der Waals surface area contributed by atoms with Gasteiger partial charge in [-0.05, 0) is 0 Å². The molecule has 8 heavy (non-hydrogen) atoms. The Morgan fingerprint density at radius 2 is 2.25 bits per heavy atom. The maximum Gasteiger partial charge on any atom is 0.166 e. The van der Waals surface area contributed by atoms with E-state index >= 15 is 0 Å². The van der Waals surface area contributed by atoms with Gasteiger partial charge in [-0.1, -0.05) is 6.92 Å². The van der Waals surface area contributed by atoms with Gasteiger partial charge in [-0.25, -0.2) is 0 Å². The van der Waals surface area contributed by atoms with Crippen molar-refractivity contribution in [3.05, 3.63) is 6.42 Å². The molecule has 0 bridgehead atoms. The van der Waals surface area contributed by atoms with Crippen LogP contribution in [0.4, 0.5) is 0 Å². The van der Waals surface area contributed by atoms with Crippen LogP contribution in [0.25, 0.3) is 0 Å². The van der Waals surface area contributed by atoms with Crippen molar-refractivity contribution >= 4 is 5.97 Å². The molecule has 3 heteroatoms. The summed E-state index contributed by atoms with van der Waals surface area (Å²) in [6.07, 6.45) is 2.23. The van der Waals surface area contributed by atoms with Gasteiger partial charge < -0.3 is 4.74 Å². The average Bonchev–Trinajstić information content (AvgIpc) is 1.68. The van der Waals surface area contributed by atoms with Crippen molar-refractivity contribution in [3.63, 3.8) is 0 Å². The normalized spacial score (nSPS) is 6.75. The molecule has 0 fully saturated rings. The van der Waals surface area contributed by atoms with Crippen LogP contribution in [0.5, 0.6) is 0 Å². The van der Waals surface area contributed by atoms with Gasteiger partial charge in [0, 0.05) is 21.1 Å². The van der Waals surface area contributed by atoms with Crippen molar-refractivity contribution in [2.24, 2.45) is 0 Å². The molecule has 0 aromatic rings. The average molecular weight is 285 g/mol. The summed E-state index contributed by atoms with van der Waals surface area (Å²) in [6, 6.07) is 0. The van der Waals surface area contributed by atoms with Crippen molar-refractivity contribution in [2.75, 3.05) is 7.11 Å². The molecule has 48 valence electrons. The fourth-order valence-electron chi connectivity index (χ4n) is 0.250. The molecule has 0 saturated carbocycles. The van der Waals surface area contributed by atoms with Crippen molar-refractivity contribution in [1.82, 2.24) is 0 Å². The number of hydrogen-bond donors (Lipinski definition) is 0. The molecule has 0 saturated heterocycles. The molecule has 0 aliphatic heterocycles. The predicted octanol–water partition coefficient (Wildman–Crippen LogP) is 0.771. The fourth-order valence-corrected chi connectivity index (χ4v) is 0.250. The van der Waals surface area contributed by atoms with Gasteiger partial charge in [-0.2, -0.15) is 6.42 Å². The Morgan fingerprint density at radius 3 is 2.38 bits per heavy atom. The Hall–Kier alpha value is 0.0283. The first-order valence-corrected chi connectivity index (χ1v) is 2.22. The van der Waals surface area contributed by atoms with Gasteiger partial charge in [-0.3, -0.25) is 11.2 Å². The number of esters is 1. The predicted molar refractivity (Wildman–Crippen MR) is 26.6 cm³/mol. The van der Waals surface area contributed by atoms with E-state index in [1.807, 2.05) is 6.92 Å². The molecular formula is C5H9O2W-. The molecule has 0 aliphatic rings. The summed E-state index contributed by atoms with van der Waals surface area (Å²) >= 11 is 0. The Labute approximate surface area is 63.9 Å². The van der Waals surface area contributed by atoms with E-state index in [4.69, 9.17) is 0 Å². The molecule has 0 unspecified atom stereocenters. The second-order valence-corrected chi connectivity index (χ2v) is 1.14. The molecule has 0 aliphatic carbocycles. The molecule has 0 rings (SSSR count). The summed E-state index contributed by atoms with van der Waals surface area (Å²) in [6.45, 7) is 1.89. The standard InChI is InChI=1S/C5H9O2.W/c1-3-4-5(6)7-2;/h4H,3H2,1-2H3;/q-1;. The van der Waals surface area contributed by atoms with Crippen molar-refractivity contribution in [1.29, 1.82) is 0 Å². The van der Waals surface area contributed by atoms with Gasteiger partial charge in [-0.15, -0.1) is 0 Å². The molecule has 0 aromatic carbocycles. The monoisotopic (exact) mass is 285 g/mol. The van der Waals surface area contributed by atoms with E-state index < -0.39 is 0 Å². The third-order valence-corrected chi connectivity index (χ3v) is 0.572. The molecule has 0 N–H and O–H groups in total. The van der Waals surface area contributed by atoms with E-state index in [-0.39, 0.29) is 27.0 Å². The topological polar surface area (TPSA) is 26.3 Å². The minimum absolute atomic E-state index is 0. The van der Waals surface area contributed by atoms with Gasteiger partial charge >= 0.3 is 0 Å². The quantitative estimate of drug-likeness (QED) is 0.553. The van der Waals surface area contributed by atoms with Crippen molar-refractivity contribution in [3.8, 4) is 0 Å². The van der Waals surface area contributed by atoms with E-state index in [0.29, 0.717) is 0 Å². The van der Waals surface area contributed by atoms with E-state index in [2.05, 4.69) is 4.74 Å². The van der Waals surface area contributed by atoms with Gasteiger partial charge in [0.2, 0.25) is 0 Å². The first-order chi connectivity index (χ1) is 3.31. The second kappa shape index (κ2) is 7.03. The Morgan fingerprint density at radius 1 is 1.75 bits per heavy atom. The van der Waals surface area contributed by atoms with Crippen LogP contribution < -0.4 is 0 Å². The first kappa shape index (κ1) is 10.9. The zero-order chi connectivity index (χ0) is 5.70. The number of rotatable bonds is 2. The largest absolute Gasteiger partial charge is 0.491 e. The van der Waals surface area contributed by atoms with E-state index in [0.717, 1.165) is 6.42 Å². The van der Waals surface area contributed by atoms with Crippen LogP contribution in [0.2, 0.25) is 0 Å². The summed E-state index contributed by atoms with van der Waals surface area (Å²) in [5.74, 6) is -0.248. The smallest absolute Gasteiger partial charge is 0.166 e. The molecule has 0 radical (unpaired) electrons. The first-order valence-electron chi connectivity index (χ1n) is 2.22. The van der Waals surface area contributed by atoms with Crippen LogP contribution in [-0.2, 0) is 30.6 Å². The minimum Gasteiger partial charge on any atom is -0.491 e. The summed E-state index contributed by atoms with van der Waals surface area (Å²) in [7, 11) is 1.37. The van der Waals surface area contributed by atoms with Crippen LogP contribution in [0.3, 0.4) is 0 Å². The maximum atomic E-state index is 10.1. The van der Waals surface area contributed by atoms with Crippen LogP contribution in [0, 0.1) is 6.42 Å². The summed E-state index contributed by atoms with van der Waals surface area (Å²) < 4.78 is 4.30. The molecule has 0 atom stereocenters.